The molecular weight excluding hydrogens is 442 g/mol. The third-order valence-electron chi connectivity index (χ3n) is 5.89. The highest BCUT2D eigenvalue weighted by Gasteiger charge is 2.30. The van der Waals surface area contributed by atoms with Crippen molar-refractivity contribution < 1.29 is 19.1 Å². The lowest BCUT2D eigenvalue weighted by molar-refractivity contribution is -0.134. The Morgan fingerprint density at radius 3 is 2.76 bits per heavy atom. The van der Waals surface area contributed by atoms with Crippen LogP contribution in [-0.2, 0) is 22.5 Å². The summed E-state index contributed by atoms with van der Waals surface area (Å²) in [7, 11) is 0. The number of carbonyl (C=O) groups is 3. The molecule has 174 valence electrons. The molecule has 10 heteroatoms. The molecule has 5 N–H and O–H groups in total. The van der Waals surface area contributed by atoms with E-state index in [2.05, 4.69) is 10.6 Å². The highest BCUT2D eigenvalue weighted by molar-refractivity contribution is 7.14. The lowest BCUT2D eigenvalue weighted by Crippen LogP contribution is -2.49. The van der Waals surface area contributed by atoms with Crippen LogP contribution in [0.5, 0.6) is 0 Å². The zero-order valence-corrected chi connectivity index (χ0v) is 19.2. The summed E-state index contributed by atoms with van der Waals surface area (Å²) >= 11 is 1.47. The van der Waals surface area contributed by atoms with E-state index >= 15 is 0 Å². The molecular formula is C23H27N5O4S. The lowest BCUT2D eigenvalue weighted by atomic mass is 10.1. The number of nitrogen functional groups attached to an aromatic ring is 1. The normalized spacial score (nSPS) is 16.3. The molecule has 2 aromatic rings. The molecule has 33 heavy (non-hydrogen) atoms. The first-order chi connectivity index (χ1) is 15.9. The molecule has 4 rings (SSSR count). The van der Waals surface area contributed by atoms with Crippen LogP contribution >= 0.6 is 11.3 Å². The minimum absolute atomic E-state index is 0.0692. The molecule has 0 aliphatic carbocycles. The number of ether oxygens (including phenoxy) is 1. The lowest BCUT2D eigenvalue weighted by Gasteiger charge is -2.30. The summed E-state index contributed by atoms with van der Waals surface area (Å²) in [6.45, 7) is 3.89. The smallest absolute Gasteiger partial charge is 0.261 e. The minimum atomic E-state index is -0.667. The van der Waals surface area contributed by atoms with Gasteiger partial charge in [0.1, 0.15) is 6.04 Å². The highest BCUT2D eigenvalue weighted by Crippen LogP contribution is 2.29. The second-order valence-corrected chi connectivity index (χ2v) is 9.34. The van der Waals surface area contributed by atoms with E-state index in [0.29, 0.717) is 60.8 Å². The summed E-state index contributed by atoms with van der Waals surface area (Å²) in [5.41, 5.74) is 7.98. The molecule has 9 nitrogen and oxygen atoms in total. The largest absolute Gasteiger partial charge is 0.398 e. The van der Waals surface area contributed by atoms with Crippen LogP contribution in [0, 0.1) is 5.41 Å². The van der Waals surface area contributed by atoms with Gasteiger partial charge in [-0.15, -0.1) is 11.3 Å². The van der Waals surface area contributed by atoms with Gasteiger partial charge in [0.2, 0.25) is 5.91 Å². The molecule has 3 amide bonds. The van der Waals surface area contributed by atoms with Crippen LogP contribution < -0.4 is 16.4 Å². The van der Waals surface area contributed by atoms with Crippen LogP contribution in [0.3, 0.4) is 0 Å². The van der Waals surface area contributed by atoms with E-state index in [-0.39, 0.29) is 23.8 Å². The van der Waals surface area contributed by atoms with Crippen molar-refractivity contribution in [1.29, 1.82) is 5.41 Å². The Morgan fingerprint density at radius 1 is 1.30 bits per heavy atom. The number of nitrogens with zero attached hydrogens (tertiary/aromatic N) is 1. The predicted molar refractivity (Wildman–Crippen MR) is 126 cm³/mol. The van der Waals surface area contributed by atoms with Gasteiger partial charge in [0.15, 0.2) is 0 Å². The summed E-state index contributed by atoms with van der Waals surface area (Å²) in [5, 5.41) is 13.2. The topological polar surface area (TPSA) is 138 Å². The zero-order valence-electron chi connectivity index (χ0n) is 18.3. The van der Waals surface area contributed by atoms with Gasteiger partial charge >= 0.3 is 0 Å². The fraction of sp³-hybridized carbons (Fsp3) is 0.391. The number of anilines is 1. The quantitative estimate of drug-likeness (QED) is 0.360. The standard InChI is InChI=1S/C23H27N5O4S/c1-2-18(27-21(29)13-3-4-17(25)14(7-13)9-24)23(31)28-6-5-19-15(10-28)8-20(33-19)22(30)26-16-11-32-12-16/h3-4,7-9,16,18,24H,2,5-6,10-12,25H2,1H3,(H,26,30)(H,27,29)/t18-/m1/s1. The van der Waals surface area contributed by atoms with E-state index in [1.54, 1.807) is 17.0 Å². The van der Waals surface area contributed by atoms with Gasteiger partial charge < -0.3 is 31.4 Å². The van der Waals surface area contributed by atoms with Gasteiger partial charge in [-0.25, -0.2) is 0 Å². The minimum Gasteiger partial charge on any atom is -0.398 e. The Bertz CT molecular complexity index is 1090. The Labute approximate surface area is 195 Å². The Hall–Kier alpha value is -3.24. The third kappa shape index (κ3) is 4.91. The molecule has 2 aliphatic rings. The molecule has 0 bridgehead atoms. The Balaban J connectivity index is 1.40. The molecule has 1 fully saturated rings. The van der Waals surface area contributed by atoms with E-state index in [1.807, 2.05) is 13.0 Å². The van der Waals surface area contributed by atoms with Crippen LogP contribution in [0.4, 0.5) is 5.69 Å². The molecule has 0 radical (unpaired) electrons. The average Bonchev–Trinajstić information content (AvgIpc) is 3.23. The van der Waals surface area contributed by atoms with Crippen molar-refractivity contribution in [3.63, 3.8) is 0 Å². The summed E-state index contributed by atoms with van der Waals surface area (Å²) in [6.07, 6.45) is 2.22. The maximum atomic E-state index is 13.2. The first-order valence-electron chi connectivity index (χ1n) is 10.9. The van der Waals surface area contributed by atoms with E-state index in [9.17, 15) is 14.4 Å². The van der Waals surface area contributed by atoms with Crippen molar-refractivity contribution in [1.82, 2.24) is 15.5 Å². The van der Waals surface area contributed by atoms with Crippen molar-refractivity contribution >= 4 is 41.0 Å². The monoisotopic (exact) mass is 469 g/mol. The molecule has 0 saturated carbocycles. The van der Waals surface area contributed by atoms with E-state index in [1.165, 1.54) is 17.4 Å². The van der Waals surface area contributed by atoms with Crippen molar-refractivity contribution in [2.75, 3.05) is 25.5 Å². The number of hydrogen-bond acceptors (Lipinski definition) is 7. The van der Waals surface area contributed by atoms with Gasteiger partial charge in [-0.2, -0.15) is 0 Å². The average molecular weight is 470 g/mol. The molecule has 0 unspecified atom stereocenters. The molecule has 1 aromatic heterocycles. The highest BCUT2D eigenvalue weighted by atomic mass is 32.1. The van der Waals surface area contributed by atoms with Gasteiger partial charge in [0, 0.05) is 41.0 Å². The molecule has 1 saturated heterocycles. The van der Waals surface area contributed by atoms with Gasteiger partial charge in [0.05, 0.1) is 24.1 Å². The van der Waals surface area contributed by atoms with Gasteiger partial charge in [0.25, 0.3) is 11.8 Å². The second kappa shape index (κ2) is 9.72. The first kappa shape index (κ1) is 22.9. The van der Waals surface area contributed by atoms with E-state index in [4.69, 9.17) is 15.9 Å². The van der Waals surface area contributed by atoms with Crippen LogP contribution in [0.25, 0.3) is 0 Å². The van der Waals surface area contributed by atoms with Gasteiger partial charge in [-0.3, -0.25) is 14.4 Å². The van der Waals surface area contributed by atoms with Crippen LogP contribution in [0.1, 0.15) is 49.4 Å². The maximum absolute atomic E-state index is 13.2. The van der Waals surface area contributed by atoms with Crippen molar-refractivity contribution in [3.05, 3.63) is 50.7 Å². The number of nitrogens with one attached hydrogen (secondary N) is 3. The fourth-order valence-electron chi connectivity index (χ4n) is 3.85. The number of fused-ring (bicyclic) bond motifs is 1. The summed E-state index contributed by atoms with van der Waals surface area (Å²) < 4.78 is 5.10. The van der Waals surface area contributed by atoms with Crippen LogP contribution in [-0.4, -0.2) is 60.7 Å². The van der Waals surface area contributed by atoms with Crippen LogP contribution in [0.2, 0.25) is 0 Å². The number of amides is 3. The van der Waals surface area contributed by atoms with Crippen LogP contribution in [0.15, 0.2) is 24.3 Å². The van der Waals surface area contributed by atoms with E-state index in [0.717, 1.165) is 16.7 Å². The van der Waals surface area contributed by atoms with Crippen molar-refractivity contribution in [2.45, 2.75) is 38.4 Å². The molecule has 1 atom stereocenters. The number of nitrogens with two attached hydrogens (primary N) is 1. The number of thiophene rings is 1. The summed E-state index contributed by atoms with van der Waals surface area (Å²) in [4.78, 5) is 41.9. The van der Waals surface area contributed by atoms with E-state index < -0.39 is 6.04 Å². The molecule has 0 spiro atoms. The number of carbonyl (C=O) groups excluding carboxylic acids is 3. The maximum Gasteiger partial charge on any atom is 0.261 e. The third-order valence-corrected chi connectivity index (χ3v) is 7.13. The molecule has 2 aliphatic heterocycles. The molecule has 1 aromatic carbocycles. The Morgan fingerprint density at radius 2 is 2.09 bits per heavy atom. The predicted octanol–water partition coefficient (Wildman–Crippen LogP) is 1.55. The summed E-state index contributed by atoms with van der Waals surface area (Å²) in [6, 6.07) is 5.96. The Kier molecular flexibility index (Phi) is 6.75. The SMILES string of the molecule is CC[C@@H](NC(=O)c1ccc(N)c(C=N)c1)C(=O)N1CCc2sc(C(=O)NC3COC3)cc2C1. The summed E-state index contributed by atoms with van der Waals surface area (Å²) in [5.74, 6) is -0.638. The zero-order chi connectivity index (χ0) is 23.5. The fourth-order valence-corrected chi connectivity index (χ4v) is 4.92. The number of benzene rings is 1. The van der Waals surface area contributed by atoms with Crippen molar-refractivity contribution in [2.24, 2.45) is 0 Å². The number of hydrogen-bond donors (Lipinski definition) is 4. The number of rotatable bonds is 7. The van der Waals surface area contributed by atoms with Crippen molar-refractivity contribution in [3.8, 4) is 0 Å². The van der Waals surface area contributed by atoms with Gasteiger partial charge in [-0.1, -0.05) is 6.92 Å². The molecule has 3 heterocycles. The second-order valence-electron chi connectivity index (χ2n) is 8.20. The van der Waals surface area contributed by atoms with Gasteiger partial charge in [-0.05, 0) is 42.7 Å². The first-order valence-corrected chi connectivity index (χ1v) is 11.7.